The number of hydrogen-bond acceptors (Lipinski definition) is 5. The highest BCUT2D eigenvalue weighted by molar-refractivity contribution is 7.09. The molecule has 1 aromatic heterocycles. The van der Waals surface area contributed by atoms with Crippen LogP contribution in [0.1, 0.15) is 32.9 Å². The number of alkyl halides is 1. The van der Waals surface area contributed by atoms with Crippen LogP contribution in [0.4, 0.5) is 4.39 Å². The summed E-state index contributed by atoms with van der Waals surface area (Å²) in [6.45, 7) is 4.58. The predicted octanol–water partition coefficient (Wildman–Crippen LogP) is 3.19. The van der Waals surface area contributed by atoms with Crippen LogP contribution in [-0.4, -0.2) is 58.2 Å². The van der Waals surface area contributed by atoms with Crippen molar-refractivity contribution < 1.29 is 14.3 Å². The van der Waals surface area contributed by atoms with Gasteiger partial charge in [0.25, 0.3) is 0 Å². The third kappa shape index (κ3) is 4.66. The maximum atomic E-state index is 14.0. The van der Waals surface area contributed by atoms with Gasteiger partial charge in [-0.1, -0.05) is 12.1 Å². The predicted molar refractivity (Wildman–Crippen MR) is 100 cm³/mol. The van der Waals surface area contributed by atoms with Crippen molar-refractivity contribution in [3.8, 4) is 0 Å². The largest absolute Gasteiger partial charge is 0.478 e. The highest BCUT2D eigenvalue weighted by Gasteiger charge is 2.33. The van der Waals surface area contributed by atoms with Gasteiger partial charge in [0.2, 0.25) is 0 Å². The van der Waals surface area contributed by atoms with E-state index in [1.807, 2.05) is 25.5 Å². The number of benzene rings is 1. The third-order valence-electron chi connectivity index (χ3n) is 4.82. The first-order valence-corrected chi connectivity index (χ1v) is 9.58. The lowest BCUT2D eigenvalue weighted by Crippen LogP contribution is -2.38. The first-order valence-electron chi connectivity index (χ1n) is 8.70. The van der Waals surface area contributed by atoms with E-state index in [0.29, 0.717) is 25.1 Å². The molecule has 0 bridgehead atoms. The van der Waals surface area contributed by atoms with Crippen molar-refractivity contribution in [2.45, 2.75) is 38.6 Å². The van der Waals surface area contributed by atoms with Gasteiger partial charge in [0.05, 0.1) is 16.8 Å². The number of rotatable bonds is 7. The molecule has 1 N–H and O–H groups in total. The summed E-state index contributed by atoms with van der Waals surface area (Å²) in [5.74, 6) is -0.920. The van der Waals surface area contributed by atoms with Crippen molar-refractivity contribution >= 4 is 17.3 Å². The SMILES string of the molecule is Cc1ncsc1CN1C[C@@H](F)C[C@H]1CN(C)Cc1cccc(C(=O)O)c1. The third-order valence-corrected chi connectivity index (χ3v) is 5.74. The zero-order chi connectivity index (χ0) is 18.7. The number of carboxylic acid groups (broad SMARTS) is 1. The average molecular weight is 377 g/mol. The molecule has 7 heteroatoms. The number of hydrogen-bond donors (Lipinski definition) is 1. The molecule has 140 valence electrons. The van der Waals surface area contributed by atoms with Crippen LogP contribution < -0.4 is 0 Å². The number of likely N-dealkylation sites (tertiary alicyclic amines) is 1. The lowest BCUT2D eigenvalue weighted by Gasteiger charge is -2.28. The molecule has 0 radical (unpaired) electrons. The van der Waals surface area contributed by atoms with Crippen molar-refractivity contribution in [3.05, 3.63) is 51.5 Å². The van der Waals surface area contributed by atoms with Gasteiger partial charge in [-0.15, -0.1) is 11.3 Å². The molecule has 0 unspecified atom stereocenters. The number of likely N-dealkylation sites (N-methyl/N-ethyl adjacent to an activating group) is 1. The highest BCUT2D eigenvalue weighted by atomic mass is 32.1. The van der Waals surface area contributed by atoms with Gasteiger partial charge < -0.3 is 10.0 Å². The maximum absolute atomic E-state index is 14.0. The Morgan fingerprint density at radius 1 is 1.50 bits per heavy atom. The van der Waals surface area contributed by atoms with E-state index in [-0.39, 0.29) is 6.04 Å². The molecule has 1 fully saturated rings. The second-order valence-electron chi connectivity index (χ2n) is 6.98. The number of carboxylic acids is 1. The zero-order valence-corrected chi connectivity index (χ0v) is 15.9. The van der Waals surface area contributed by atoms with E-state index < -0.39 is 12.1 Å². The molecule has 1 aliphatic rings. The maximum Gasteiger partial charge on any atom is 0.335 e. The van der Waals surface area contributed by atoms with Crippen LogP contribution in [-0.2, 0) is 13.1 Å². The first kappa shape index (κ1) is 18.9. The number of nitrogens with zero attached hydrogens (tertiary/aromatic N) is 3. The molecule has 0 saturated carbocycles. The van der Waals surface area contributed by atoms with Crippen molar-refractivity contribution in [3.63, 3.8) is 0 Å². The van der Waals surface area contributed by atoms with E-state index >= 15 is 0 Å². The molecule has 3 rings (SSSR count). The molecule has 0 aliphatic carbocycles. The molecular formula is C19H24FN3O2S. The lowest BCUT2D eigenvalue weighted by molar-refractivity contribution is 0.0696. The second kappa shape index (κ2) is 8.24. The number of aromatic carboxylic acids is 1. The standard InChI is InChI=1S/C19H24FN3O2S/c1-13-18(26-12-21-13)11-23-9-16(20)7-17(23)10-22(2)8-14-4-3-5-15(6-14)19(24)25/h3-6,12,16-17H,7-11H2,1-2H3,(H,24,25)/t16-,17-/m0/s1. The van der Waals surface area contributed by atoms with Crippen LogP contribution in [0, 0.1) is 6.92 Å². The Morgan fingerprint density at radius 2 is 2.31 bits per heavy atom. The monoisotopic (exact) mass is 377 g/mol. The van der Waals surface area contributed by atoms with Gasteiger partial charge in [0.15, 0.2) is 0 Å². The molecule has 26 heavy (non-hydrogen) atoms. The summed E-state index contributed by atoms with van der Waals surface area (Å²) in [4.78, 5) is 20.9. The Kier molecular flexibility index (Phi) is 6.01. The molecule has 1 aromatic carbocycles. The van der Waals surface area contributed by atoms with Crippen molar-refractivity contribution in [2.75, 3.05) is 20.1 Å². The van der Waals surface area contributed by atoms with Gasteiger partial charge in [0.1, 0.15) is 6.17 Å². The molecular weight excluding hydrogens is 353 g/mol. The summed E-state index contributed by atoms with van der Waals surface area (Å²) >= 11 is 1.62. The summed E-state index contributed by atoms with van der Waals surface area (Å²) in [6.07, 6.45) is -0.255. The van der Waals surface area contributed by atoms with Crippen molar-refractivity contribution in [2.24, 2.45) is 0 Å². The van der Waals surface area contributed by atoms with Crippen LogP contribution >= 0.6 is 11.3 Å². The first-order chi connectivity index (χ1) is 12.4. The van der Waals surface area contributed by atoms with E-state index in [1.165, 1.54) is 4.88 Å². The minimum atomic E-state index is -0.920. The summed E-state index contributed by atoms with van der Waals surface area (Å²) < 4.78 is 14.0. The molecule has 0 spiro atoms. The van der Waals surface area contributed by atoms with E-state index in [4.69, 9.17) is 5.11 Å². The summed E-state index contributed by atoms with van der Waals surface area (Å²) in [5, 5.41) is 9.12. The van der Waals surface area contributed by atoms with E-state index in [2.05, 4.69) is 14.8 Å². The summed E-state index contributed by atoms with van der Waals surface area (Å²) in [6, 6.07) is 7.13. The highest BCUT2D eigenvalue weighted by Crippen LogP contribution is 2.26. The fraction of sp³-hybridized carbons (Fsp3) is 0.474. The minimum absolute atomic E-state index is 0.152. The zero-order valence-electron chi connectivity index (χ0n) is 15.1. The second-order valence-corrected chi connectivity index (χ2v) is 7.92. The van der Waals surface area contributed by atoms with Gasteiger partial charge >= 0.3 is 5.97 Å². The quantitative estimate of drug-likeness (QED) is 0.803. The lowest BCUT2D eigenvalue weighted by atomic mass is 10.1. The number of thiazole rings is 1. The Balaban J connectivity index is 1.61. The van der Waals surface area contributed by atoms with Crippen LogP contribution in [0.15, 0.2) is 29.8 Å². The van der Waals surface area contributed by atoms with Gasteiger partial charge in [0, 0.05) is 37.1 Å². The van der Waals surface area contributed by atoms with Crippen LogP contribution in [0.5, 0.6) is 0 Å². The minimum Gasteiger partial charge on any atom is -0.478 e. The van der Waals surface area contributed by atoms with Gasteiger partial charge in [-0.05, 0) is 38.1 Å². The van der Waals surface area contributed by atoms with E-state index in [0.717, 1.165) is 24.3 Å². The average Bonchev–Trinajstić information content (AvgIpc) is 3.13. The van der Waals surface area contributed by atoms with Crippen molar-refractivity contribution in [1.29, 1.82) is 0 Å². The molecule has 2 aromatic rings. The Hall–Kier alpha value is -1.83. The molecule has 5 nitrogen and oxygen atoms in total. The molecule has 1 aliphatic heterocycles. The number of aromatic nitrogens is 1. The normalized spacial score (nSPS) is 20.8. The van der Waals surface area contributed by atoms with E-state index in [1.54, 1.807) is 29.5 Å². The number of carbonyl (C=O) groups is 1. The van der Waals surface area contributed by atoms with Crippen molar-refractivity contribution in [1.82, 2.24) is 14.8 Å². The molecule has 0 amide bonds. The van der Waals surface area contributed by atoms with Gasteiger partial charge in [-0.2, -0.15) is 0 Å². The summed E-state index contributed by atoms with van der Waals surface area (Å²) in [7, 11) is 2.00. The Bertz CT molecular complexity index is 767. The number of halogens is 1. The van der Waals surface area contributed by atoms with Crippen LogP contribution in [0.3, 0.4) is 0 Å². The van der Waals surface area contributed by atoms with Gasteiger partial charge in [-0.3, -0.25) is 4.90 Å². The van der Waals surface area contributed by atoms with Crippen LogP contribution in [0.2, 0.25) is 0 Å². The van der Waals surface area contributed by atoms with Crippen LogP contribution in [0.25, 0.3) is 0 Å². The number of aryl methyl sites for hydroxylation is 1. The molecule has 2 heterocycles. The topological polar surface area (TPSA) is 56.7 Å². The fourth-order valence-electron chi connectivity index (χ4n) is 3.51. The Labute approximate surface area is 157 Å². The molecule has 1 saturated heterocycles. The Morgan fingerprint density at radius 3 is 3.00 bits per heavy atom. The van der Waals surface area contributed by atoms with E-state index in [9.17, 15) is 9.18 Å². The summed E-state index contributed by atoms with van der Waals surface area (Å²) in [5.41, 5.74) is 4.11. The smallest absolute Gasteiger partial charge is 0.335 e. The van der Waals surface area contributed by atoms with Gasteiger partial charge in [-0.25, -0.2) is 14.2 Å². The fourth-order valence-corrected chi connectivity index (χ4v) is 4.31. The molecule has 2 atom stereocenters.